The van der Waals surface area contributed by atoms with Crippen molar-refractivity contribution in [3.05, 3.63) is 48.0 Å². The third-order valence-corrected chi connectivity index (χ3v) is 3.00. The number of hydrogen-bond acceptors (Lipinski definition) is 3. The molecular weight excluding hydrogens is 254 g/mol. The number of ether oxygens (including phenoxy) is 1. The highest BCUT2D eigenvalue weighted by atomic mass is 16.5. The van der Waals surface area contributed by atoms with E-state index in [2.05, 4.69) is 5.32 Å². The summed E-state index contributed by atoms with van der Waals surface area (Å²) in [6, 6.07) is 12.6. The molecule has 104 valence electrons. The SMILES string of the molecule is CCOC(=O)C(C)NC(=O)c1ccc2ccccc2c1. The van der Waals surface area contributed by atoms with Crippen LogP contribution in [0.15, 0.2) is 42.5 Å². The van der Waals surface area contributed by atoms with Crippen LogP contribution in [0.4, 0.5) is 0 Å². The van der Waals surface area contributed by atoms with E-state index in [9.17, 15) is 9.59 Å². The molecule has 1 atom stereocenters. The van der Waals surface area contributed by atoms with Crippen molar-refractivity contribution in [2.45, 2.75) is 19.9 Å². The van der Waals surface area contributed by atoms with Crippen molar-refractivity contribution in [1.82, 2.24) is 5.32 Å². The van der Waals surface area contributed by atoms with E-state index < -0.39 is 12.0 Å². The Morgan fingerprint density at radius 2 is 1.85 bits per heavy atom. The third-order valence-electron chi connectivity index (χ3n) is 3.00. The second kappa shape index (κ2) is 6.19. The van der Waals surface area contributed by atoms with Crippen LogP contribution in [0.3, 0.4) is 0 Å². The molecule has 4 nitrogen and oxygen atoms in total. The second-order valence-corrected chi connectivity index (χ2v) is 4.51. The van der Waals surface area contributed by atoms with Gasteiger partial charge in [0.15, 0.2) is 0 Å². The first kappa shape index (κ1) is 14.1. The Hall–Kier alpha value is -2.36. The Bertz CT molecular complexity index is 636. The average Bonchev–Trinajstić information content (AvgIpc) is 2.46. The van der Waals surface area contributed by atoms with Crippen molar-refractivity contribution < 1.29 is 14.3 Å². The van der Waals surface area contributed by atoms with Crippen LogP contribution in [0.5, 0.6) is 0 Å². The molecule has 1 unspecified atom stereocenters. The van der Waals surface area contributed by atoms with Crippen LogP contribution in [0.25, 0.3) is 10.8 Å². The summed E-state index contributed by atoms with van der Waals surface area (Å²) in [7, 11) is 0. The van der Waals surface area contributed by atoms with Crippen LogP contribution >= 0.6 is 0 Å². The number of benzene rings is 2. The molecule has 20 heavy (non-hydrogen) atoms. The fourth-order valence-electron chi connectivity index (χ4n) is 1.94. The van der Waals surface area contributed by atoms with Crippen LogP contribution in [-0.4, -0.2) is 24.5 Å². The lowest BCUT2D eigenvalue weighted by molar-refractivity contribution is -0.144. The van der Waals surface area contributed by atoms with Crippen LogP contribution in [0, 0.1) is 0 Å². The molecule has 0 radical (unpaired) electrons. The van der Waals surface area contributed by atoms with E-state index in [1.54, 1.807) is 19.9 Å². The molecular formula is C16H17NO3. The molecule has 0 heterocycles. The fourth-order valence-corrected chi connectivity index (χ4v) is 1.94. The lowest BCUT2D eigenvalue weighted by atomic mass is 10.1. The van der Waals surface area contributed by atoms with Gasteiger partial charge in [0.2, 0.25) is 0 Å². The van der Waals surface area contributed by atoms with E-state index in [0.717, 1.165) is 10.8 Å². The number of amides is 1. The summed E-state index contributed by atoms with van der Waals surface area (Å²) in [6.45, 7) is 3.64. The largest absolute Gasteiger partial charge is 0.464 e. The zero-order chi connectivity index (χ0) is 14.5. The zero-order valence-electron chi connectivity index (χ0n) is 11.6. The molecule has 0 saturated carbocycles. The average molecular weight is 271 g/mol. The molecule has 2 rings (SSSR count). The van der Waals surface area contributed by atoms with Gasteiger partial charge >= 0.3 is 5.97 Å². The van der Waals surface area contributed by atoms with Gasteiger partial charge in [0.25, 0.3) is 5.91 Å². The molecule has 0 bridgehead atoms. The predicted molar refractivity (Wildman–Crippen MR) is 77.5 cm³/mol. The third kappa shape index (κ3) is 3.15. The van der Waals surface area contributed by atoms with Gasteiger partial charge in [0, 0.05) is 5.56 Å². The molecule has 0 saturated heterocycles. The number of carbonyl (C=O) groups is 2. The van der Waals surface area contributed by atoms with Crippen LogP contribution in [-0.2, 0) is 9.53 Å². The van der Waals surface area contributed by atoms with Gasteiger partial charge in [0.05, 0.1) is 6.61 Å². The first-order chi connectivity index (χ1) is 9.61. The van der Waals surface area contributed by atoms with E-state index in [1.165, 1.54) is 0 Å². The lowest BCUT2D eigenvalue weighted by Gasteiger charge is -2.12. The summed E-state index contributed by atoms with van der Waals surface area (Å²) in [5, 5.41) is 4.69. The highest BCUT2D eigenvalue weighted by molar-refractivity contribution is 6.00. The number of carbonyl (C=O) groups excluding carboxylic acids is 2. The zero-order valence-corrected chi connectivity index (χ0v) is 11.6. The Kier molecular flexibility index (Phi) is 4.35. The van der Waals surface area contributed by atoms with Gasteiger partial charge in [-0.25, -0.2) is 4.79 Å². The highest BCUT2D eigenvalue weighted by Crippen LogP contribution is 2.15. The molecule has 1 N–H and O–H groups in total. The van der Waals surface area contributed by atoms with E-state index >= 15 is 0 Å². The minimum atomic E-state index is -0.658. The standard InChI is InChI=1S/C16H17NO3/c1-3-20-16(19)11(2)17-15(18)14-9-8-12-6-4-5-7-13(12)10-14/h4-11H,3H2,1-2H3,(H,17,18). The van der Waals surface area contributed by atoms with E-state index in [0.29, 0.717) is 12.2 Å². The summed E-state index contributed by atoms with van der Waals surface area (Å²) in [6.07, 6.45) is 0. The predicted octanol–water partition coefficient (Wildman–Crippen LogP) is 2.52. The van der Waals surface area contributed by atoms with Gasteiger partial charge in [-0.3, -0.25) is 4.79 Å². The summed E-state index contributed by atoms with van der Waals surface area (Å²) in [5.41, 5.74) is 0.528. The van der Waals surface area contributed by atoms with Crippen molar-refractivity contribution in [2.24, 2.45) is 0 Å². The number of esters is 1. The Labute approximate surface area is 117 Å². The van der Waals surface area contributed by atoms with Crippen molar-refractivity contribution in [3.8, 4) is 0 Å². The summed E-state index contributed by atoms with van der Waals surface area (Å²) < 4.78 is 4.86. The van der Waals surface area contributed by atoms with Crippen molar-refractivity contribution in [3.63, 3.8) is 0 Å². The number of hydrogen-bond donors (Lipinski definition) is 1. The molecule has 2 aromatic carbocycles. The monoisotopic (exact) mass is 271 g/mol. The summed E-state index contributed by atoms with van der Waals surface area (Å²) in [5.74, 6) is -0.710. The molecule has 0 fully saturated rings. The number of rotatable bonds is 4. The number of nitrogens with one attached hydrogen (secondary N) is 1. The molecule has 0 aromatic heterocycles. The van der Waals surface area contributed by atoms with Gasteiger partial charge in [-0.15, -0.1) is 0 Å². The van der Waals surface area contributed by atoms with Gasteiger partial charge in [0.1, 0.15) is 6.04 Å². The maximum Gasteiger partial charge on any atom is 0.328 e. The molecule has 1 amide bonds. The van der Waals surface area contributed by atoms with Gasteiger partial charge in [-0.05, 0) is 36.8 Å². The van der Waals surface area contributed by atoms with Gasteiger partial charge in [-0.2, -0.15) is 0 Å². The maximum absolute atomic E-state index is 12.1. The first-order valence-electron chi connectivity index (χ1n) is 6.58. The first-order valence-corrected chi connectivity index (χ1v) is 6.58. The Morgan fingerprint density at radius 1 is 1.15 bits per heavy atom. The highest BCUT2D eigenvalue weighted by Gasteiger charge is 2.17. The van der Waals surface area contributed by atoms with E-state index in [1.807, 2.05) is 36.4 Å². The molecule has 0 spiro atoms. The summed E-state index contributed by atoms with van der Waals surface area (Å²) >= 11 is 0. The molecule has 0 aliphatic carbocycles. The topological polar surface area (TPSA) is 55.4 Å². The van der Waals surface area contributed by atoms with Crippen LogP contribution in [0.1, 0.15) is 24.2 Å². The Balaban J connectivity index is 2.13. The summed E-state index contributed by atoms with van der Waals surface area (Å²) in [4.78, 5) is 23.6. The Morgan fingerprint density at radius 3 is 2.55 bits per heavy atom. The van der Waals surface area contributed by atoms with Crippen LogP contribution in [0.2, 0.25) is 0 Å². The molecule has 4 heteroatoms. The van der Waals surface area contributed by atoms with Crippen LogP contribution < -0.4 is 5.32 Å². The molecule has 2 aromatic rings. The van der Waals surface area contributed by atoms with Crippen molar-refractivity contribution >= 4 is 22.6 Å². The minimum Gasteiger partial charge on any atom is -0.464 e. The van der Waals surface area contributed by atoms with Crippen molar-refractivity contribution in [1.29, 1.82) is 0 Å². The van der Waals surface area contributed by atoms with Crippen molar-refractivity contribution in [2.75, 3.05) is 6.61 Å². The quantitative estimate of drug-likeness (QED) is 0.869. The van der Waals surface area contributed by atoms with Gasteiger partial charge < -0.3 is 10.1 Å². The second-order valence-electron chi connectivity index (χ2n) is 4.51. The maximum atomic E-state index is 12.1. The fraction of sp³-hybridized carbons (Fsp3) is 0.250. The number of fused-ring (bicyclic) bond motifs is 1. The smallest absolute Gasteiger partial charge is 0.328 e. The van der Waals surface area contributed by atoms with E-state index in [4.69, 9.17) is 4.74 Å². The normalized spacial score (nSPS) is 11.9. The van der Waals surface area contributed by atoms with E-state index in [-0.39, 0.29) is 5.91 Å². The molecule has 0 aliphatic rings. The minimum absolute atomic E-state index is 0.281. The molecule has 0 aliphatic heterocycles. The lowest BCUT2D eigenvalue weighted by Crippen LogP contribution is -2.39. The van der Waals surface area contributed by atoms with Gasteiger partial charge in [-0.1, -0.05) is 30.3 Å².